The molecule has 0 aromatic heterocycles. The molecule has 2 aromatic carbocycles. The molecule has 0 aliphatic carbocycles. The third-order valence-electron chi connectivity index (χ3n) is 2.65. The third-order valence-corrected chi connectivity index (χ3v) is 2.65. The Hall–Kier alpha value is -2.38. The number of nitrogens with two attached hydrogens (primary N) is 1. The number of benzene rings is 2. The van der Waals surface area contributed by atoms with E-state index in [0.717, 1.165) is 12.1 Å². The zero-order valence-corrected chi connectivity index (χ0v) is 10.2. The van der Waals surface area contributed by atoms with Crippen molar-refractivity contribution in [1.29, 1.82) is 0 Å². The zero-order valence-electron chi connectivity index (χ0n) is 10.2. The lowest BCUT2D eigenvalue weighted by molar-refractivity contribution is -0.139. The maximum absolute atomic E-state index is 13.2. The van der Waals surface area contributed by atoms with Crippen molar-refractivity contribution >= 4 is 17.1 Å². The van der Waals surface area contributed by atoms with E-state index in [9.17, 15) is 26.3 Å². The van der Waals surface area contributed by atoms with Crippen LogP contribution in [0, 0.1) is 17.5 Å². The van der Waals surface area contributed by atoms with Gasteiger partial charge in [-0.25, -0.2) is 13.2 Å². The van der Waals surface area contributed by atoms with E-state index in [1.165, 1.54) is 0 Å². The molecule has 0 fully saturated rings. The number of hydrogen-bond donors (Lipinski definition) is 2. The van der Waals surface area contributed by atoms with E-state index in [2.05, 4.69) is 5.32 Å². The molecule has 0 bridgehead atoms. The van der Waals surface area contributed by atoms with E-state index in [0.29, 0.717) is 18.2 Å². The largest absolute Gasteiger partial charge is 0.419 e. The predicted octanol–water partition coefficient (Wildman–Crippen LogP) is 4.45. The zero-order chi connectivity index (χ0) is 15.8. The van der Waals surface area contributed by atoms with Crippen LogP contribution in [0.15, 0.2) is 30.3 Å². The first-order chi connectivity index (χ1) is 9.68. The lowest BCUT2D eigenvalue weighted by Crippen LogP contribution is -2.09. The molecular formula is C13H8F6N2. The molecule has 2 nitrogen and oxygen atoms in total. The molecule has 0 saturated carbocycles. The minimum Gasteiger partial charge on any atom is -0.395 e. The van der Waals surface area contributed by atoms with Gasteiger partial charge in [-0.2, -0.15) is 13.2 Å². The van der Waals surface area contributed by atoms with Crippen LogP contribution in [0.4, 0.5) is 43.4 Å². The first-order valence-electron chi connectivity index (χ1n) is 5.57. The number of halogens is 6. The molecule has 0 aliphatic rings. The molecule has 3 N–H and O–H groups in total. The normalized spacial score (nSPS) is 11.5. The maximum Gasteiger partial charge on any atom is 0.419 e. The molecule has 0 aliphatic heterocycles. The highest BCUT2D eigenvalue weighted by molar-refractivity contribution is 5.73. The van der Waals surface area contributed by atoms with E-state index < -0.39 is 34.9 Å². The van der Waals surface area contributed by atoms with Crippen molar-refractivity contribution in [2.45, 2.75) is 6.18 Å². The number of nitrogens with one attached hydrogen (secondary N) is 1. The molecular weight excluding hydrogens is 298 g/mol. The fourth-order valence-electron chi connectivity index (χ4n) is 1.66. The Morgan fingerprint density at radius 1 is 0.905 bits per heavy atom. The second-order valence-corrected chi connectivity index (χ2v) is 4.17. The lowest BCUT2D eigenvalue weighted by Gasteiger charge is -2.13. The minimum atomic E-state index is -4.89. The van der Waals surface area contributed by atoms with Gasteiger partial charge in [0, 0.05) is 11.8 Å². The van der Waals surface area contributed by atoms with Gasteiger partial charge in [-0.1, -0.05) is 0 Å². The van der Waals surface area contributed by atoms with Crippen LogP contribution in [0.1, 0.15) is 5.56 Å². The number of anilines is 3. The summed E-state index contributed by atoms with van der Waals surface area (Å²) >= 11 is 0. The first-order valence-corrected chi connectivity index (χ1v) is 5.57. The van der Waals surface area contributed by atoms with Crippen molar-refractivity contribution in [3.8, 4) is 0 Å². The van der Waals surface area contributed by atoms with Crippen LogP contribution >= 0.6 is 0 Å². The van der Waals surface area contributed by atoms with Crippen LogP contribution in [-0.4, -0.2) is 0 Å². The van der Waals surface area contributed by atoms with Gasteiger partial charge in [0.1, 0.15) is 11.6 Å². The highest BCUT2D eigenvalue weighted by atomic mass is 19.4. The standard InChI is InChI=1S/C13H8F6N2/c14-6-3-10(16)12(20)11(4-6)21-7-1-2-9(15)8(5-7)13(17,18)19/h1-5,21H,20H2. The van der Waals surface area contributed by atoms with Gasteiger partial charge >= 0.3 is 6.18 Å². The Bertz CT molecular complexity index is 681. The van der Waals surface area contributed by atoms with E-state index in [1.807, 2.05) is 0 Å². The van der Waals surface area contributed by atoms with E-state index in [4.69, 9.17) is 5.73 Å². The summed E-state index contributed by atoms with van der Waals surface area (Å²) in [5, 5.41) is 2.32. The summed E-state index contributed by atoms with van der Waals surface area (Å²) in [5.74, 6) is -3.47. The maximum atomic E-state index is 13.2. The van der Waals surface area contributed by atoms with Gasteiger partial charge in [-0.05, 0) is 24.3 Å². The molecule has 0 unspecified atom stereocenters. The van der Waals surface area contributed by atoms with Crippen molar-refractivity contribution in [2.24, 2.45) is 0 Å². The Balaban J connectivity index is 2.41. The van der Waals surface area contributed by atoms with Crippen molar-refractivity contribution in [2.75, 3.05) is 11.1 Å². The first kappa shape index (κ1) is 15.0. The Labute approximate surface area is 115 Å². The Morgan fingerprint density at radius 3 is 2.19 bits per heavy atom. The van der Waals surface area contributed by atoms with Gasteiger partial charge < -0.3 is 11.1 Å². The summed E-state index contributed by atoms with van der Waals surface area (Å²) in [7, 11) is 0. The summed E-state index contributed by atoms with van der Waals surface area (Å²) in [6.45, 7) is 0. The predicted molar refractivity (Wildman–Crippen MR) is 65.5 cm³/mol. The highest BCUT2D eigenvalue weighted by Crippen LogP contribution is 2.34. The van der Waals surface area contributed by atoms with Gasteiger partial charge in [-0.15, -0.1) is 0 Å². The van der Waals surface area contributed by atoms with Gasteiger partial charge in [0.15, 0.2) is 5.82 Å². The molecule has 0 heterocycles. The van der Waals surface area contributed by atoms with E-state index in [1.54, 1.807) is 0 Å². The summed E-state index contributed by atoms with van der Waals surface area (Å²) in [6.07, 6.45) is -4.89. The Kier molecular flexibility index (Phi) is 3.71. The number of alkyl halides is 3. The average molecular weight is 306 g/mol. The topological polar surface area (TPSA) is 38.0 Å². The quantitative estimate of drug-likeness (QED) is 0.635. The second-order valence-electron chi connectivity index (χ2n) is 4.17. The van der Waals surface area contributed by atoms with E-state index >= 15 is 0 Å². The van der Waals surface area contributed by atoms with Gasteiger partial charge in [0.2, 0.25) is 0 Å². The molecule has 0 saturated heterocycles. The van der Waals surface area contributed by atoms with Crippen LogP contribution in [-0.2, 0) is 6.18 Å². The number of nitrogen functional groups attached to an aromatic ring is 1. The second kappa shape index (κ2) is 5.19. The van der Waals surface area contributed by atoms with Crippen LogP contribution in [0.25, 0.3) is 0 Å². The molecule has 0 radical (unpaired) electrons. The van der Waals surface area contributed by atoms with Crippen LogP contribution in [0.3, 0.4) is 0 Å². The molecule has 0 spiro atoms. The SMILES string of the molecule is Nc1c(F)cc(F)cc1Nc1ccc(F)c(C(F)(F)F)c1. The van der Waals surface area contributed by atoms with Crippen LogP contribution in [0.2, 0.25) is 0 Å². The van der Waals surface area contributed by atoms with Crippen LogP contribution in [0.5, 0.6) is 0 Å². The summed E-state index contributed by atoms with van der Waals surface area (Å²) < 4.78 is 77.1. The molecule has 21 heavy (non-hydrogen) atoms. The van der Waals surface area contributed by atoms with Gasteiger partial charge in [-0.3, -0.25) is 0 Å². The lowest BCUT2D eigenvalue weighted by atomic mass is 10.1. The van der Waals surface area contributed by atoms with Gasteiger partial charge in [0.25, 0.3) is 0 Å². The summed E-state index contributed by atoms with van der Waals surface area (Å²) in [5.41, 5.74) is 2.93. The Morgan fingerprint density at radius 2 is 1.57 bits per heavy atom. The minimum absolute atomic E-state index is 0.208. The third kappa shape index (κ3) is 3.21. The number of rotatable bonds is 2. The summed E-state index contributed by atoms with van der Waals surface area (Å²) in [6, 6.07) is 3.42. The fourth-order valence-corrected chi connectivity index (χ4v) is 1.66. The smallest absolute Gasteiger partial charge is 0.395 e. The van der Waals surface area contributed by atoms with Crippen molar-refractivity contribution < 1.29 is 26.3 Å². The van der Waals surface area contributed by atoms with Crippen molar-refractivity contribution in [3.63, 3.8) is 0 Å². The summed E-state index contributed by atoms with van der Waals surface area (Å²) in [4.78, 5) is 0. The van der Waals surface area contributed by atoms with E-state index in [-0.39, 0.29) is 11.4 Å². The molecule has 8 heteroatoms. The van der Waals surface area contributed by atoms with Crippen molar-refractivity contribution in [1.82, 2.24) is 0 Å². The average Bonchev–Trinajstić information content (AvgIpc) is 2.36. The van der Waals surface area contributed by atoms with Gasteiger partial charge in [0.05, 0.1) is 16.9 Å². The fraction of sp³-hybridized carbons (Fsp3) is 0.0769. The molecule has 2 rings (SSSR count). The van der Waals surface area contributed by atoms with Crippen molar-refractivity contribution in [3.05, 3.63) is 53.3 Å². The molecule has 112 valence electrons. The molecule has 0 atom stereocenters. The molecule has 2 aromatic rings. The van der Waals surface area contributed by atoms with Crippen LogP contribution < -0.4 is 11.1 Å². The number of hydrogen-bond acceptors (Lipinski definition) is 2. The highest BCUT2D eigenvalue weighted by Gasteiger charge is 2.34. The monoisotopic (exact) mass is 306 g/mol. The molecule has 0 amide bonds.